The molecule has 8 atom stereocenters. The average molecular weight is 1160 g/mol. The Morgan fingerprint density at radius 2 is 0.867 bits per heavy atom. The van der Waals surface area contributed by atoms with Gasteiger partial charge in [-0.2, -0.15) is 0 Å². The number of ether oxygens (including phenoxy) is 3. The van der Waals surface area contributed by atoms with E-state index in [0.717, 1.165) is 135 Å². The lowest BCUT2D eigenvalue weighted by Gasteiger charge is -2.41. The molecule has 0 aliphatic carbocycles. The van der Waals surface area contributed by atoms with Gasteiger partial charge in [0, 0.05) is 6.42 Å². The molecule has 1 rings (SSSR count). The summed E-state index contributed by atoms with van der Waals surface area (Å²) in [5.41, 5.74) is 0. The fourth-order valence-corrected chi connectivity index (χ4v) is 9.86. The summed E-state index contributed by atoms with van der Waals surface area (Å²) < 4.78 is 17.6. The Morgan fingerprint density at radius 1 is 0.482 bits per heavy atom. The van der Waals surface area contributed by atoms with Crippen molar-refractivity contribution in [1.29, 1.82) is 0 Å². The smallest absolute Gasteiger partial charge is 0.306 e. The Labute approximate surface area is 507 Å². The predicted molar refractivity (Wildman–Crippen MR) is 347 cm³/mol. The van der Waals surface area contributed by atoms with Crippen molar-refractivity contribution in [3.05, 3.63) is 109 Å². The third kappa shape index (κ3) is 46.2. The Balaban J connectivity index is 2.62. The number of amides is 1. The minimum Gasteiger partial charge on any atom is -0.454 e. The molecule has 476 valence electrons. The summed E-state index contributed by atoms with van der Waals surface area (Å²) in [4.78, 5) is 26.6. The van der Waals surface area contributed by atoms with Crippen molar-refractivity contribution in [3.63, 3.8) is 0 Å². The van der Waals surface area contributed by atoms with Crippen LogP contribution in [0.5, 0.6) is 0 Å². The maximum Gasteiger partial charge on any atom is 0.306 e. The lowest BCUT2D eigenvalue weighted by atomic mass is 9.99. The molecule has 6 N–H and O–H groups in total. The molecular formula is C72H123NO10. The molecule has 0 saturated carbocycles. The van der Waals surface area contributed by atoms with E-state index in [0.29, 0.717) is 12.8 Å². The van der Waals surface area contributed by atoms with Crippen LogP contribution in [0.2, 0.25) is 0 Å². The highest BCUT2D eigenvalue weighted by Crippen LogP contribution is 2.26. The van der Waals surface area contributed by atoms with Crippen molar-refractivity contribution in [3.8, 4) is 0 Å². The molecule has 11 heteroatoms. The van der Waals surface area contributed by atoms with E-state index in [2.05, 4.69) is 123 Å². The van der Waals surface area contributed by atoms with Gasteiger partial charge in [-0.1, -0.05) is 265 Å². The first-order valence-electron chi connectivity index (χ1n) is 33.7. The second-order valence-electron chi connectivity index (χ2n) is 22.8. The highest BCUT2D eigenvalue weighted by molar-refractivity contribution is 5.80. The van der Waals surface area contributed by atoms with Crippen LogP contribution < -0.4 is 5.32 Å². The molecule has 11 nitrogen and oxygen atoms in total. The number of aliphatic hydroxyl groups excluding tert-OH is 5. The average Bonchev–Trinajstić information content (AvgIpc) is 3.52. The number of esters is 1. The first-order chi connectivity index (χ1) is 40.7. The van der Waals surface area contributed by atoms with E-state index in [9.17, 15) is 35.1 Å². The monoisotopic (exact) mass is 1160 g/mol. The van der Waals surface area contributed by atoms with Gasteiger partial charge in [-0.15, -0.1) is 0 Å². The van der Waals surface area contributed by atoms with E-state index in [4.69, 9.17) is 14.2 Å². The van der Waals surface area contributed by atoms with Crippen LogP contribution in [0.25, 0.3) is 0 Å². The molecule has 1 fully saturated rings. The van der Waals surface area contributed by atoms with E-state index in [1.54, 1.807) is 6.08 Å². The van der Waals surface area contributed by atoms with Gasteiger partial charge in [-0.25, -0.2) is 0 Å². The highest BCUT2D eigenvalue weighted by Gasteiger charge is 2.47. The minimum atomic E-state index is -1.62. The van der Waals surface area contributed by atoms with E-state index >= 15 is 0 Å². The largest absolute Gasteiger partial charge is 0.454 e. The lowest BCUT2D eigenvalue weighted by Crippen LogP contribution is -2.61. The van der Waals surface area contributed by atoms with Crippen LogP contribution >= 0.6 is 0 Å². The molecule has 0 aromatic rings. The first-order valence-corrected chi connectivity index (χ1v) is 33.7. The molecule has 1 amide bonds. The quantitative estimate of drug-likeness (QED) is 0.0195. The Bertz CT molecular complexity index is 1770. The summed E-state index contributed by atoms with van der Waals surface area (Å²) in [6.45, 7) is 5.64. The molecule has 0 aromatic heterocycles. The number of carbonyl (C=O) groups is 2. The topological polar surface area (TPSA) is 175 Å². The molecule has 0 bridgehead atoms. The maximum absolute atomic E-state index is 13.5. The van der Waals surface area contributed by atoms with Crippen LogP contribution in [0.4, 0.5) is 0 Å². The molecule has 0 aromatic carbocycles. The van der Waals surface area contributed by atoms with E-state index < -0.39 is 67.4 Å². The summed E-state index contributed by atoms with van der Waals surface area (Å²) in [5, 5.41) is 57.1. The van der Waals surface area contributed by atoms with Gasteiger partial charge >= 0.3 is 5.97 Å². The molecule has 1 aliphatic heterocycles. The third-order valence-corrected chi connectivity index (χ3v) is 15.2. The van der Waals surface area contributed by atoms with E-state index in [1.165, 1.54) is 89.9 Å². The number of nitrogens with one attached hydrogen (secondary N) is 1. The molecule has 1 heterocycles. The predicted octanol–water partition coefficient (Wildman–Crippen LogP) is 16.8. The van der Waals surface area contributed by atoms with Crippen molar-refractivity contribution in [2.24, 2.45) is 0 Å². The zero-order chi connectivity index (χ0) is 60.3. The van der Waals surface area contributed by atoms with Gasteiger partial charge < -0.3 is 45.1 Å². The standard InChI is InChI=1S/C72H123NO10/c1-4-7-10-13-16-19-22-24-26-28-30-31-32-33-34-36-37-39-41-44-47-50-53-56-59-65(76)71(80)73-63(64(75)58-55-52-49-46-43-21-18-15-12-9-6-3)62-81-72-70(69(79)68(78)66(61-74)82-72)83-67(77)60-57-54-51-48-45-42-40-38-35-29-27-25-23-20-17-14-11-8-5-2/h7,10,16-17,19-20,24-27,30-31,33-34,37,39,55,58,63-66,68-70,72,74-76,78-79H,4-6,8-9,11-15,18,21-23,28-29,32,35-36,38,40-54,56-57,59-62H2,1-3H3,(H,73,80)/b10-7-,19-16-,20-17-,26-24-,27-25-,31-30-,34-33-,39-37-,58-55+. The maximum atomic E-state index is 13.5. The number of aliphatic hydroxyl groups is 5. The van der Waals surface area contributed by atoms with Crippen molar-refractivity contribution >= 4 is 11.9 Å². The summed E-state index contributed by atoms with van der Waals surface area (Å²) >= 11 is 0. The zero-order valence-corrected chi connectivity index (χ0v) is 52.8. The molecule has 0 spiro atoms. The highest BCUT2D eigenvalue weighted by atomic mass is 16.7. The SMILES string of the molecule is CC/C=C\C/C=C\C/C=C\C/C=C\C/C=C\C/C=C\CCCCCCCC(O)C(=O)NC(COC1OC(CO)C(O)C(O)C1OC(=O)CCCCCCCCCCC/C=C\C/C=C\CCCCC)C(O)/C=C/CCCCCCCCCCC. The molecule has 0 radical (unpaired) electrons. The molecule has 1 aliphatic rings. The number of hydrogen-bond donors (Lipinski definition) is 6. The number of unbranched alkanes of at least 4 members (excludes halogenated alkanes) is 26. The Hall–Kier alpha value is -3.68. The number of rotatable bonds is 56. The number of hydrogen-bond acceptors (Lipinski definition) is 10. The zero-order valence-electron chi connectivity index (χ0n) is 52.8. The van der Waals surface area contributed by atoms with Crippen molar-refractivity contribution in [2.75, 3.05) is 13.2 Å². The summed E-state index contributed by atoms with van der Waals surface area (Å²) in [6, 6.07) is -1.04. The van der Waals surface area contributed by atoms with Crippen LogP contribution in [0.1, 0.15) is 271 Å². The summed E-state index contributed by atoms with van der Waals surface area (Å²) in [6.07, 6.45) is 69.8. The second-order valence-corrected chi connectivity index (χ2v) is 22.8. The minimum absolute atomic E-state index is 0.112. The summed E-state index contributed by atoms with van der Waals surface area (Å²) in [5.74, 6) is -1.22. The van der Waals surface area contributed by atoms with Crippen molar-refractivity contribution in [1.82, 2.24) is 5.32 Å². The molecule has 8 unspecified atom stereocenters. The van der Waals surface area contributed by atoms with Gasteiger partial charge in [0.15, 0.2) is 12.4 Å². The fourth-order valence-electron chi connectivity index (χ4n) is 9.86. The third-order valence-electron chi connectivity index (χ3n) is 15.2. The van der Waals surface area contributed by atoms with Crippen LogP contribution in [0.15, 0.2) is 109 Å². The normalized spacial score (nSPS) is 19.3. The van der Waals surface area contributed by atoms with Gasteiger partial charge in [-0.3, -0.25) is 9.59 Å². The number of carbonyl (C=O) groups excluding carboxylic acids is 2. The summed E-state index contributed by atoms with van der Waals surface area (Å²) in [7, 11) is 0. The lowest BCUT2D eigenvalue weighted by molar-refractivity contribution is -0.305. The van der Waals surface area contributed by atoms with E-state index in [-0.39, 0.29) is 19.4 Å². The Morgan fingerprint density at radius 3 is 1.33 bits per heavy atom. The fraction of sp³-hybridized carbons (Fsp3) is 0.722. The van der Waals surface area contributed by atoms with Gasteiger partial charge in [0.05, 0.1) is 25.4 Å². The Kier molecular flexibility index (Phi) is 54.7. The van der Waals surface area contributed by atoms with Gasteiger partial charge in [0.1, 0.15) is 24.4 Å². The van der Waals surface area contributed by atoms with E-state index in [1.807, 2.05) is 6.08 Å². The van der Waals surface area contributed by atoms with Gasteiger partial charge in [-0.05, 0) is 109 Å². The second kappa shape index (κ2) is 58.7. The molecule has 83 heavy (non-hydrogen) atoms. The van der Waals surface area contributed by atoms with Crippen LogP contribution in [0, 0.1) is 0 Å². The van der Waals surface area contributed by atoms with Gasteiger partial charge in [0.2, 0.25) is 5.91 Å². The van der Waals surface area contributed by atoms with Crippen LogP contribution in [-0.2, 0) is 23.8 Å². The van der Waals surface area contributed by atoms with Crippen molar-refractivity contribution in [2.45, 2.75) is 320 Å². The molecular weight excluding hydrogens is 1040 g/mol. The van der Waals surface area contributed by atoms with Crippen molar-refractivity contribution < 1.29 is 49.3 Å². The number of allylic oxidation sites excluding steroid dienone is 17. The first kappa shape index (κ1) is 77.3. The molecule has 1 saturated heterocycles. The van der Waals surface area contributed by atoms with Crippen LogP contribution in [-0.4, -0.2) is 99.6 Å². The van der Waals surface area contributed by atoms with Gasteiger partial charge in [0.25, 0.3) is 0 Å². The van der Waals surface area contributed by atoms with Crippen LogP contribution in [0.3, 0.4) is 0 Å².